The first kappa shape index (κ1) is 11.6. The number of hydrogen-bond acceptors (Lipinski definition) is 6. The first-order valence-electron chi connectivity index (χ1n) is 4.24. The third-order valence-electron chi connectivity index (χ3n) is 1.80. The molecule has 0 unspecified atom stereocenters. The monoisotopic (exact) mass is 229 g/mol. The van der Waals surface area contributed by atoms with Crippen molar-refractivity contribution >= 4 is 23.4 Å². The standard InChI is InChI=1S/C8H11N3O3S/c1-11(4-3-7(12)14-2)8(13)6-5-15-10-9-6/h5H,3-4H2,1-2H3. The average Bonchev–Trinajstić information content (AvgIpc) is 2.77. The van der Waals surface area contributed by atoms with Crippen molar-refractivity contribution in [2.24, 2.45) is 0 Å². The van der Waals surface area contributed by atoms with Gasteiger partial charge >= 0.3 is 5.97 Å². The molecule has 1 aromatic heterocycles. The van der Waals surface area contributed by atoms with Gasteiger partial charge in [-0.05, 0) is 11.5 Å². The second kappa shape index (κ2) is 5.40. The molecule has 0 aliphatic heterocycles. The van der Waals surface area contributed by atoms with Crippen LogP contribution in [0.2, 0.25) is 0 Å². The van der Waals surface area contributed by atoms with E-state index in [1.807, 2.05) is 0 Å². The van der Waals surface area contributed by atoms with Crippen LogP contribution in [0.5, 0.6) is 0 Å². The summed E-state index contributed by atoms with van der Waals surface area (Å²) in [6.45, 7) is 0.309. The summed E-state index contributed by atoms with van der Waals surface area (Å²) in [6.07, 6.45) is 0.177. The Morgan fingerprint density at radius 1 is 1.60 bits per heavy atom. The molecule has 0 fully saturated rings. The van der Waals surface area contributed by atoms with Gasteiger partial charge in [-0.1, -0.05) is 4.49 Å². The predicted octanol–water partition coefficient (Wildman–Crippen LogP) is 0.173. The van der Waals surface area contributed by atoms with Gasteiger partial charge in [0.2, 0.25) is 0 Å². The zero-order valence-corrected chi connectivity index (χ0v) is 9.28. The highest BCUT2D eigenvalue weighted by molar-refractivity contribution is 7.03. The highest BCUT2D eigenvalue weighted by Gasteiger charge is 2.15. The second-order valence-electron chi connectivity index (χ2n) is 2.84. The topological polar surface area (TPSA) is 72.4 Å². The molecule has 1 rings (SSSR count). The van der Waals surface area contributed by atoms with E-state index in [0.717, 1.165) is 11.5 Å². The second-order valence-corrected chi connectivity index (χ2v) is 3.45. The number of rotatable bonds is 4. The number of aromatic nitrogens is 2. The number of hydrogen-bond donors (Lipinski definition) is 0. The maximum absolute atomic E-state index is 11.6. The third kappa shape index (κ3) is 3.28. The zero-order valence-electron chi connectivity index (χ0n) is 8.47. The van der Waals surface area contributed by atoms with E-state index in [1.165, 1.54) is 12.0 Å². The van der Waals surface area contributed by atoms with Gasteiger partial charge in [-0.25, -0.2) is 0 Å². The molecule has 82 valence electrons. The van der Waals surface area contributed by atoms with Crippen molar-refractivity contribution in [1.29, 1.82) is 0 Å². The number of methoxy groups -OCH3 is 1. The molecule has 0 bridgehead atoms. The summed E-state index contributed by atoms with van der Waals surface area (Å²) in [4.78, 5) is 23.8. The van der Waals surface area contributed by atoms with Crippen molar-refractivity contribution in [1.82, 2.24) is 14.5 Å². The smallest absolute Gasteiger partial charge is 0.307 e. The van der Waals surface area contributed by atoms with Gasteiger partial charge in [0.1, 0.15) is 0 Å². The Hall–Kier alpha value is -1.50. The van der Waals surface area contributed by atoms with Crippen LogP contribution in [0.3, 0.4) is 0 Å². The molecular weight excluding hydrogens is 218 g/mol. The quantitative estimate of drug-likeness (QED) is 0.688. The number of ether oxygens (including phenoxy) is 1. The normalized spacial score (nSPS) is 9.73. The van der Waals surface area contributed by atoms with Crippen LogP contribution in [-0.2, 0) is 9.53 Å². The van der Waals surface area contributed by atoms with E-state index in [4.69, 9.17) is 0 Å². The Balaban J connectivity index is 2.44. The van der Waals surface area contributed by atoms with Crippen LogP contribution in [0.1, 0.15) is 16.9 Å². The fourth-order valence-electron chi connectivity index (χ4n) is 0.916. The van der Waals surface area contributed by atoms with Gasteiger partial charge in [-0.2, -0.15) is 0 Å². The highest BCUT2D eigenvalue weighted by Crippen LogP contribution is 2.02. The Morgan fingerprint density at radius 3 is 2.87 bits per heavy atom. The lowest BCUT2D eigenvalue weighted by molar-refractivity contribution is -0.140. The largest absolute Gasteiger partial charge is 0.469 e. The summed E-state index contributed by atoms with van der Waals surface area (Å²) < 4.78 is 8.06. The summed E-state index contributed by atoms with van der Waals surface area (Å²) in [5.41, 5.74) is 0.298. The van der Waals surface area contributed by atoms with Crippen LogP contribution < -0.4 is 0 Å². The van der Waals surface area contributed by atoms with E-state index in [2.05, 4.69) is 14.3 Å². The SMILES string of the molecule is COC(=O)CCN(C)C(=O)c1csnn1. The fourth-order valence-corrected chi connectivity index (χ4v) is 1.35. The van der Waals surface area contributed by atoms with Gasteiger partial charge in [-0.15, -0.1) is 5.10 Å². The molecular formula is C8H11N3O3S. The van der Waals surface area contributed by atoms with E-state index in [1.54, 1.807) is 12.4 Å². The first-order chi connectivity index (χ1) is 7.15. The molecule has 1 amide bonds. The molecule has 0 aliphatic rings. The molecule has 6 nitrogen and oxygen atoms in total. The average molecular weight is 229 g/mol. The fraction of sp³-hybridized carbons (Fsp3) is 0.500. The van der Waals surface area contributed by atoms with E-state index in [-0.39, 0.29) is 18.3 Å². The number of carbonyl (C=O) groups is 2. The van der Waals surface area contributed by atoms with E-state index in [0.29, 0.717) is 12.2 Å². The van der Waals surface area contributed by atoms with Gasteiger partial charge in [0.05, 0.1) is 13.5 Å². The minimum atomic E-state index is -0.342. The molecule has 1 heterocycles. The van der Waals surface area contributed by atoms with Crippen LogP contribution in [0.15, 0.2) is 5.38 Å². The van der Waals surface area contributed by atoms with Crippen LogP contribution in [0.25, 0.3) is 0 Å². The molecule has 0 N–H and O–H groups in total. The molecule has 0 radical (unpaired) electrons. The molecule has 0 aliphatic carbocycles. The van der Waals surface area contributed by atoms with E-state index < -0.39 is 0 Å². The first-order valence-corrected chi connectivity index (χ1v) is 5.08. The summed E-state index contributed by atoms with van der Waals surface area (Å²) in [6, 6.07) is 0. The Kier molecular flexibility index (Phi) is 4.17. The number of esters is 1. The van der Waals surface area contributed by atoms with Gasteiger partial charge < -0.3 is 9.64 Å². The molecule has 0 spiro atoms. The van der Waals surface area contributed by atoms with Gasteiger partial charge in [0.25, 0.3) is 5.91 Å². The summed E-state index contributed by atoms with van der Waals surface area (Å²) in [5.74, 6) is -0.585. The van der Waals surface area contributed by atoms with Crippen LogP contribution in [0.4, 0.5) is 0 Å². The van der Waals surface area contributed by atoms with Crippen molar-refractivity contribution < 1.29 is 14.3 Å². The Morgan fingerprint density at radius 2 is 2.33 bits per heavy atom. The summed E-state index contributed by atoms with van der Waals surface area (Å²) in [5, 5.41) is 5.21. The number of carbonyl (C=O) groups excluding carboxylic acids is 2. The summed E-state index contributed by atoms with van der Waals surface area (Å²) in [7, 11) is 2.92. The number of nitrogens with zero attached hydrogens (tertiary/aromatic N) is 3. The minimum absolute atomic E-state index is 0.177. The Labute approximate surface area is 91.0 Å². The Bertz CT molecular complexity index is 339. The lowest BCUT2D eigenvalue weighted by atomic mass is 10.3. The minimum Gasteiger partial charge on any atom is -0.469 e. The molecule has 15 heavy (non-hydrogen) atoms. The predicted molar refractivity (Wildman–Crippen MR) is 53.5 cm³/mol. The van der Waals surface area contributed by atoms with Crippen molar-refractivity contribution in [2.75, 3.05) is 20.7 Å². The highest BCUT2D eigenvalue weighted by atomic mass is 32.1. The van der Waals surface area contributed by atoms with Gasteiger partial charge in [0, 0.05) is 19.0 Å². The molecule has 1 aromatic rings. The van der Waals surface area contributed by atoms with Crippen molar-refractivity contribution in [3.8, 4) is 0 Å². The lowest BCUT2D eigenvalue weighted by Crippen LogP contribution is -2.29. The molecule has 7 heteroatoms. The maximum atomic E-state index is 11.6. The number of amides is 1. The molecule has 0 saturated carbocycles. The molecule has 0 saturated heterocycles. The van der Waals surface area contributed by atoms with Crippen LogP contribution in [0, 0.1) is 0 Å². The van der Waals surface area contributed by atoms with Crippen LogP contribution >= 0.6 is 11.5 Å². The van der Waals surface area contributed by atoms with Gasteiger partial charge in [-0.3, -0.25) is 9.59 Å². The lowest BCUT2D eigenvalue weighted by Gasteiger charge is -2.14. The zero-order chi connectivity index (χ0) is 11.3. The summed E-state index contributed by atoms with van der Waals surface area (Å²) >= 11 is 1.11. The van der Waals surface area contributed by atoms with Gasteiger partial charge in [0.15, 0.2) is 5.69 Å². The van der Waals surface area contributed by atoms with E-state index >= 15 is 0 Å². The van der Waals surface area contributed by atoms with Crippen molar-refractivity contribution in [3.63, 3.8) is 0 Å². The molecule has 0 aromatic carbocycles. The van der Waals surface area contributed by atoms with Crippen LogP contribution in [-0.4, -0.2) is 47.1 Å². The maximum Gasteiger partial charge on any atom is 0.307 e. The van der Waals surface area contributed by atoms with E-state index in [9.17, 15) is 9.59 Å². The molecule has 0 atom stereocenters. The van der Waals surface area contributed by atoms with Crippen molar-refractivity contribution in [3.05, 3.63) is 11.1 Å². The van der Waals surface area contributed by atoms with Crippen molar-refractivity contribution in [2.45, 2.75) is 6.42 Å². The third-order valence-corrected chi connectivity index (χ3v) is 2.31.